The van der Waals surface area contributed by atoms with Crippen molar-refractivity contribution in [2.75, 3.05) is 53.9 Å². The monoisotopic (exact) mass is 416 g/mol. The summed E-state index contributed by atoms with van der Waals surface area (Å²) in [6, 6.07) is 7.53. The molecule has 1 saturated carbocycles. The van der Waals surface area contributed by atoms with Gasteiger partial charge >= 0.3 is 11.8 Å². The van der Waals surface area contributed by atoms with Gasteiger partial charge in [0.05, 0.1) is 13.2 Å². The lowest BCUT2D eigenvalue weighted by molar-refractivity contribution is -0.146. The molecule has 2 aliphatic rings. The zero-order chi connectivity index (χ0) is 21.7. The Morgan fingerprint density at radius 3 is 2.43 bits per heavy atom. The Kier molecular flexibility index (Phi) is 7.31. The van der Waals surface area contributed by atoms with Gasteiger partial charge in [-0.25, -0.2) is 0 Å². The van der Waals surface area contributed by atoms with E-state index in [2.05, 4.69) is 5.32 Å². The summed E-state index contributed by atoms with van der Waals surface area (Å²) in [7, 11) is 5.46. The van der Waals surface area contributed by atoms with Crippen molar-refractivity contribution in [1.29, 1.82) is 0 Å². The second-order valence-electron chi connectivity index (χ2n) is 8.18. The van der Waals surface area contributed by atoms with E-state index < -0.39 is 11.8 Å². The van der Waals surface area contributed by atoms with E-state index in [0.717, 1.165) is 24.2 Å². The molecule has 1 saturated heterocycles. The fourth-order valence-electron chi connectivity index (χ4n) is 3.85. The van der Waals surface area contributed by atoms with E-state index in [1.54, 1.807) is 12.0 Å². The molecule has 1 aromatic carbocycles. The molecule has 1 heterocycles. The molecule has 1 aromatic rings. The highest BCUT2D eigenvalue weighted by molar-refractivity contribution is 6.35. The highest BCUT2D eigenvalue weighted by Crippen LogP contribution is 2.31. The molecule has 1 aliphatic heterocycles. The number of hydrogen-bond donors (Lipinski definition) is 1. The number of methoxy groups -OCH3 is 1. The van der Waals surface area contributed by atoms with Crippen molar-refractivity contribution in [3.8, 4) is 5.75 Å². The van der Waals surface area contributed by atoms with E-state index in [1.807, 2.05) is 48.2 Å². The van der Waals surface area contributed by atoms with Gasteiger partial charge in [-0.1, -0.05) is 18.2 Å². The van der Waals surface area contributed by atoms with Gasteiger partial charge in [-0.15, -0.1) is 0 Å². The lowest BCUT2D eigenvalue weighted by atomic mass is 10.0. The van der Waals surface area contributed by atoms with Crippen LogP contribution in [0.25, 0.3) is 0 Å². The molecular formula is C22H32N4O4. The summed E-state index contributed by atoms with van der Waals surface area (Å²) < 4.78 is 5.44. The van der Waals surface area contributed by atoms with Crippen molar-refractivity contribution in [3.63, 3.8) is 0 Å². The highest BCUT2D eigenvalue weighted by Gasteiger charge is 2.35. The van der Waals surface area contributed by atoms with Gasteiger partial charge in [0.1, 0.15) is 5.75 Å². The Morgan fingerprint density at radius 2 is 1.77 bits per heavy atom. The predicted octanol–water partition coefficient (Wildman–Crippen LogP) is 0.885. The minimum absolute atomic E-state index is 0.131. The SMILES string of the molecule is COc1ccccc1[C@@H](CNC(=O)C(=O)N1CCCN(C(=O)C2CC2)CC1)N(C)C. The lowest BCUT2D eigenvalue weighted by Gasteiger charge is -2.27. The van der Waals surface area contributed by atoms with Gasteiger partial charge in [-0.05, 0) is 39.4 Å². The van der Waals surface area contributed by atoms with Gasteiger partial charge in [0, 0.05) is 44.2 Å². The average molecular weight is 417 g/mol. The quantitative estimate of drug-likeness (QED) is 0.697. The van der Waals surface area contributed by atoms with Gasteiger partial charge in [-0.3, -0.25) is 14.4 Å². The second-order valence-corrected chi connectivity index (χ2v) is 8.18. The third-order valence-electron chi connectivity index (χ3n) is 5.79. The summed E-state index contributed by atoms with van der Waals surface area (Å²) in [4.78, 5) is 42.9. The summed E-state index contributed by atoms with van der Waals surface area (Å²) >= 11 is 0. The molecule has 30 heavy (non-hydrogen) atoms. The van der Waals surface area contributed by atoms with E-state index in [4.69, 9.17) is 4.74 Å². The topological polar surface area (TPSA) is 82.2 Å². The standard InChI is InChI=1S/C22H32N4O4/c1-24(2)18(17-7-4-5-8-19(17)30-3)15-23-20(27)22(29)26-12-6-11-25(13-14-26)21(28)16-9-10-16/h4-5,7-8,16,18H,6,9-15H2,1-3H3,(H,23,27)/t18-/m1/s1. The maximum absolute atomic E-state index is 12.7. The third kappa shape index (κ3) is 5.30. The summed E-state index contributed by atoms with van der Waals surface area (Å²) in [5.41, 5.74) is 0.946. The van der Waals surface area contributed by atoms with Gasteiger partial charge in [-0.2, -0.15) is 0 Å². The number of carbonyl (C=O) groups excluding carboxylic acids is 3. The van der Waals surface area contributed by atoms with Crippen LogP contribution < -0.4 is 10.1 Å². The van der Waals surface area contributed by atoms with Crippen molar-refractivity contribution >= 4 is 17.7 Å². The van der Waals surface area contributed by atoms with Crippen LogP contribution in [0.15, 0.2) is 24.3 Å². The number of nitrogens with zero attached hydrogens (tertiary/aromatic N) is 3. The van der Waals surface area contributed by atoms with Gasteiger partial charge in [0.25, 0.3) is 0 Å². The van der Waals surface area contributed by atoms with E-state index in [1.165, 1.54) is 0 Å². The fraction of sp³-hybridized carbons (Fsp3) is 0.591. The maximum Gasteiger partial charge on any atom is 0.311 e. The van der Waals surface area contributed by atoms with E-state index in [9.17, 15) is 14.4 Å². The summed E-state index contributed by atoms with van der Waals surface area (Å²) in [5.74, 6) is -0.0374. The number of benzene rings is 1. The summed E-state index contributed by atoms with van der Waals surface area (Å²) in [6.45, 7) is 2.32. The van der Waals surface area contributed by atoms with Crippen LogP contribution in [0.4, 0.5) is 0 Å². The van der Waals surface area contributed by atoms with Crippen LogP contribution in [-0.2, 0) is 14.4 Å². The minimum Gasteiger partial charge on any atom is -0.496 e. The Balaban J connectivity index is 1.56. The number of para-hydroxylation sites is 1. The Morgan fingerprint density at radius 1 is 1.10 bits per heavy atom. The molecule has 164 valence electrons. The molecule has 0 radical (unpaired) electrons. The molecule has 8 nitrogen and oxygen atoms in total. The fourth-order valence-corrected chi connectivity index (χ4v) is 3.85. The smallest absolute Gasteiger partial charge is 0.311 e. The van der Waals surface area contributed by atoms with Crippen LogP contribution >= 0.6 is 0 Å². The van der Waals surface area contributed by atoms with Crippen molar-refractivity contribution in [1.82, 2.24) is 20.0 Å². The summed E-state index contributed by atoms with van der Waals surface area (Å²) in [6.07, 6.45) is 2.64. The molecule has 1 atom stereocenters. The highest BCUT2D eigenvalue weighted by atomic mass is 16.5. The van der Waals surface area contributed by atoms with Crippen molar-refractivity contribution in [2.24, 2.45) is 5.92 Å². The summed E-state index contributed by atoms with van der Waals surface area (Å²) in [5, 5.41) is 2.79. The molecular weight excluding hydrogens is 384 g/mol. The van der Waals surface area contributed by atoms with E-state index in [0.29, 0.717) is 32.6 Å². The third-order valence-corrected chi connectivity index (χ3v) is 5.79. The number of hydrogen-bond acceptors (Lipinski definition) is 5. The first-order valence-electron chi connectivity index (χ1n) is 10.6. The Bertz CT molecular complexity index is 778. The first-order chi connectivity index (χ1) is 14.4. The first-order valence-corrected chi connectivity index (χ1v) is 10.6. The molecule has 1 aliphatic carbocycles. The average Bonchev–Trinajstić information content (AvgIpc) is 3.59. The minimum atomic E-state index is -0.612. The number of likely N-dealkylation sites (N-methyl/N-ethyl adjacent to an activating group) is 1. The van der Waals surface area contributed by atoms with Crippen LogP contribution in [0.2, 0.25) is 0 Å². The molecule has 0 unspecified atom stereocenters. The molecule has 2 fully saturated rings. The van der Waals surface area contributed by atoms with Gasteiger partial charge < -0.3 is 24.8 Å². The molecule has 0 aromatic heterocycles. The van der Waals surface area contributed by atoms with Gasteiger partial charge in [0.2, 0.25) is 5.91 Å². The van der Waals surface area contributed by atoms with Crippen molar-refractivity contribution in [3.05, 3.63) is 29.8 Å². The van der Waals surface area contributed by atoms with Crippen LogP contribution in [0, 0.1) is 5.92 Å². The number of ether oxygens (including phenoxy) is 1. The maximum atomic E-state index is 12.7. The zero-order valence-corrected chi connectivity index (χ0v) is 18.1. The Hall–Kier alpha value is -2.61. The lowest BCUT2D eigenvalue weighted by Crippen LogP contribution is -2.46. The first kappa shape index (κ1) is 22.1. The number of amides is 3. The van der Waals surface area contributed by atoms with Gasteiger partial charge in [0.15, 0.2) is 0 Å². The van der Waals surface area contributed by atoms with Crippen LogP contribution in [-0.4, -0.2) is 86.4 Å². The molecule has 1 N–H and O–H groups in total. The van der Waals surface area contributed by atoms with Crippen molar-refractivity contribution < 1.29 is 19.1 Å². The molecule has 3 amide bonds. The number of rotatable bonds is 6. The number of carbonyl (C=O) groups is 3. The molecule has 8 heteroatoms. The molecule has 3 rings (SSSR count). The molecule has 0 bridgehead atoms. The largest absolute Gasteiger partial charge is 0.496 e. The second kappa shape index (κ2) is 9.93. The van der Waals surface area contributed by atoms with Crippen LogP contribution in [0.5, 0.6) is 5.75 Å². The van der Waals surface area contributed by atoms with Crippen LogP contribution in [0.1, 0.15) is 30.9 Å². The number of nitrogens with one attached hydrogen (secondary N) is 1. The molecule has 0 spiro atoms. The van der Waals surface area contributed by atoms with Crippen molar-refractivity contribution in [2.45, 2.75) is 25.3 Å². The predicted molar refractivity (Wildman–Crippen MR) is 113 cm³/mol. The normalized spacial score (nSPS) is 18.0. The Labute approximate surface area is 178 Å². The van der Waals surface area contributed by atoms with Crippen LogP contribution in [0.3, 0.4) is 0 Å². The zero-order valence-electron chi connectivity index (χ0n) is 18.1. The van der Waals surface area contributed by atoms with E-state index >= 15 is 0 Å². The van der Waals surface area contributed by atoms with E-state index in [-0.39, 0.29) is 24.4 Å².